The monoisotopic (exact) mass is 308 g/mol. The van der Waals surface area contributed by atoms with E-state index in [4.69, 9.17) is 4.74 Å². The SMILES string of the molecule is C=CC[C@]1(C(C)C)CC[C@](C)(CI)O1. The molecule has 0 bridgehead atoms. The van der Waals surface area contributed by atoms with Gasteiger partial charge in [-0.3, -0.25) is 0 Å². The molecular formula is C12H21IO. The summed E-state index contributed by atoms with van der Waals surface area (Å²) in [6.45, 7) is 10.6. The van der Waals surface area contributed by atoms with Gasteiger partial charge in [0.25, 0.3) is 0 Å². The van der Waals surface area contributed by atoms with E-state index in [9.17, 15) is 0 Å². The molecule has 0 spiro atoms. The first kappa shape index (κ1) is 12.5. The Bertz CT molecular complexity index is 214. The molecule has 1 nitrogen and oxygen atoms in total. The molecule has 0 aromatic rings. The maximum Gasteiger partial charge on any atom is 0.0752 e. The summed E-state index contributed by atoms with van der Waals surface area (Å²) in [5, 5.41) is 0. The Morgan fingerprint density at radius 3 is 2.50 bits per heavy atom. The van der Waals surface area contributed by atoms with Crippen molar-refractivity contribution in [2.24, 2.45) is 5.92 Å². The smallest absolute Gasteiger partial charge is 0.0752 e. The second kappa shape index (κ2) is 4.52. The van der Waals surface area contributed by atoms with E-state index in [2.05, 4.69) is 49.9 Å². The normalized spacial score (nSPS) is 37.8. The topological polar surface area (TPSA) is 9.23 Å². The molecule has 0 radical (unpaired) electrons. The van der Waals surface area contributed by atoms with E-state index in [-0.39, 0.29) is 11.2 Å². The van der Waals surface area contributed by atoms with Crippen LogP contribution in [0.4, 0.5) is 0 Å². The highest BCUT2D eigenvalue weighted by Gasteiger charge is 2.46. The summed E-state index contributed by atoms with van der Waals surface area (Å²) in [4.78, 5) is 0. The minimum Gasteiger partial charge on any atom is -0.367 e. The van der Waals surface area contributed by atoms with Crippen LogP contribution in [0.5, 0.6) is 0 Å². The average molecular weight is 308 g/mol. The molecule has 0 aromatic heterocycles. The van der Waals surface area contributed by atoms with Crippen molar-refractivity contribution in [3.05, 3.63) is 12.7 Å². The molecule has 0 saturated carbocycles. The van der Waals surface area contributed by atoms with Gasteiger partial charge in [-0.2, -0.15) is 0 Å². The molecule has 0 amide bonds. The largest absolute Gasteiger partial charge is 0.367 e. The third kappa shape index (κ3) is 2.32. The zero-order valence-corrected chi connectivity index (χ0v) is 11.6. The van der Waals surface area contributed by atoms with Crippen molar-refractivity contribution in [1.82, 2.24) is 0 Å². The highest BCUT2D eigenvalue weighted by Crippen LogP contribution is 2.45. The molecule has 2 heteroatoms. The fourth-order valence-electron chi connectivity index (χ4n) is 2.19. The summed E-state index contributed by atoms with van der Waals surface area (Å²) < 4.78 is 7.39. The molecule has 0 aliphatic carbocycles. The van der Waals surface area contributed by atoms with E-state index in [0.29, 0.717) is 5.92 Å². The van der Waals surface area contributed by atoms with Crippen molar-refractivity contribution in [2.45, 2.75) is 51.2 Å². The lowest BCUT2D eigenvalue weighted by Gasteiger charge is -2.35. The van der Waals surface area contributed by atoms with Gasteiger partial charge in [-0.15, -0.1) is 6.58 Å². The summed E-state index contributed by atoms with van der Waals surface area (Å²) in [5.74, 6) is 0.574. The fourth-order valence-corrected chi connectivity index (χ4v) is 2.73. The summed E-state index contributed by atoms with van der Waals surface area (Å²) >= 11 is 2.42. The number of rotatable bonds is 4. The number of hydrogen-bond acceptors (Lipinski definition) is 1. The zero-order valence-electron chi connectivity index (χ0n) is 9.48. The molecule has 1 heterocycles. The van der Waals surface area contributed by atoms with Crippen LogP contribution in [0.3, 0.4) is 0 Å². The van der Waals surface area contributed by atoms with Crippen LogP contribution in [0.2, 0.25) is 0 Å². The van der Waals surface area contributed by atoms with Gasteiger partial charge in [-0.1, -0.05) is 42.5 Å². The Balaban J connectivity index is 2.78. The van der Waals surface area contributed by atoms with Crippen molar-refractivity contribution in [1.29, 1.82) is 0 Å². The van der Waals surface area contributed by atoms with Gasteiger partial charge in [0.1, 0.15) is 0 Å². The van der Waals surface area contributed by atoms with Gasteiger partial charge >= 0.3 is 0 Å². The third-order valence-electron chi connectivity index (χ3n) is 3.35. The molecular weight excluding hydrogens is 287 g/mol. The van der Waals surface area contributed by atoms with E-state index < -0.39 is 0 Å². The van der Waals surface area contributed by atoms with Crippen molar-refractivity contribution in [3.63, 3.8) is 0 Å². The quantitative estimate of drug-likeness (QED) is 0.434. The van der Waals surface area contributed by atoms with Crippen LogP contribution < -0.4 is 0 Å². The molecule has 1 aliphatic rings. The lowest BCUT2D eigenvalue weighted by Crippen LogP contribution is -2.38. The van der Waals surface area contributed by atoms with Gasteiger partial charge in [0, 0.05) is 4.43 Å². The van der Waals surface area contributed by atoms with Crippen LogP contribution in [0, 0.1) is 5.92 Å². The Kier molecular flexibility index (Phi) is 4.03. The van der Waals surface area contributed by atoms with E-state index >= 15 is 0 Å². The predicted octanol–water partition coefficient (Wildman–Crippen LogP) is 3.96. The summed E-state index contributed by atoms with van der Waals surface area (Å²) in [7, 11) is 0. The molecule has 1 fully saturated rings. The lowest BCUT2D eigenvalue weighted by molar-refractivity contribution is -0.105. The number of ether oxygens (including phenoxy) is 1. The van der Waals surface area contributed by atoms with Crippen molar-refractivity contribution in [2.75, 3.05) is 4.43 Å². The van der Waals surface area contributed by atoms with Crippen LogP contribution >= 0.6 is 22.6 Å². The van der Waals surface area contributed by atoms with Crippen molar-refractivity contribution in [3.8, 4) is 0 Å². The first-order valence-electron chi connectivity index (χ1n) is 5.35. The second-order valence-electron chi connectivity index (χ2n) is 4.90. The van der Waals surface area contributed by atoms with E-state index in [0.717, 1.165) is 10.8 Å². The molecule has 0 N–H and O–H groups in total. The molecule has 1 aliphatic heterocycles. The molecule has 2 atom stereocenters. The minimum atomic E-state index is 0.0572. The van der Waals surface area contributed by atoms with Crippen LogP contribution in [0.25, 0.3) is 0 Å². The maximum absolute atomic E-state index is 6.31. The first-order valence-corrected chi connectivity index (χ1v) is 6.88. The third-order valence-corrected chi connectivity index (χ3v) is 4.96. The first-order chi connectivity index (χ1) is 6.48. The predicted molar refractivity (Wildman–Crippen MR) is 70.0 cm³/mol. The Hall–Kier alpha value is 0.430. The lowest BCUT2D eigenvalue weighted by atomic mass is 9.84. The van der Waals surface area contributed by atoms with Gasteiger partial charge in [-0.05, 0) is 32.1 Å². The average Bonchev–Trinajstić information content (AvgIpc) is 2.47. The summed E-state index contributed by atoms with van der Waals surface area (Å²) in [6.07, 6.45) is 5.34. The Morgan fingerprint density at radius 2 is 2.14 bits per heavy atom. The molecule has 0 unspecified atom stereocenters. The van der Waals surface area contributed by atoms with E-state index in [1.807, 2.05) is 6.08 Å². The van der Waals surface area contributed by atoms with E-state index in [1.54, 1.807) is 0 Å². The van der Waals surface area contributed by atoms with Gasteiger partial charge in [0.05, 0.1) is 11.2 Å². The highest BCUT2D eigenvalue weighted by molar-refractivity contribution is 14.1. The Labute approximate surface area is 101 Å². The summed E-state index contributed by atoms with van der Waals surface area (Å²) in [5.41, 5.74) is 0.148. The number of hydrogen-bond donors (Lipinski definition) is 0. The van der Waals surface area contributed by atoms with E-state index in [1.165, 1.54) is 12.8 Å². The van der Waals surface area contributed by atoms with Crippen LogP contribution in [0.1, 0.15) is 40.0 Å². The minimum absolute atomic E-state index is 0.0572. The van der Waals surface area contributed by atoms with Crippen LogP contribution in [-0.4, -0.2) is 15.6 Å². The molecule has 82 valence electrons. The van der Waals surface area contributed by atoms with Gasteiger partial charge in [0.15, 0.2) is 0 Å². The van der Waals surface area contributed by atoms with Gasteiger partial charge < -0.3 is 4.74 Å². The van der Waals surface area contributed by atoms with Crippen LogP contribution in [-0.2, 0) is 4.74 Å². The number of halogens is 1. The number of alkyl halides is 1. The van der Waals surface area contributed by atoms with Crippen molar-refractivity contribution >= 4 is 22.6 Å². The highest BCUT2D eigenvalue weighted by atomic mass is 127. The van der Waals surface area contributed by atoms with Crippen molar-refractivity contribution < 1.29 is 4.74 Å². The molecule has 14 heavy (non-hydrogen) atoms. The van der Waals surface area contributed by atoms with Gasteiger partial charge in [-0.25, -0.2) is 0 Å². The zero-order chi connectivity index (χ0) is 10.8. The molecule has 1 rings (SSSR count). The van der Waals surface area contributed by atoms with Gasteiger partial charge in [0.2, 0.25) is 0 Å². The second-order valence-corrected chi connectivity index (χ2v) is 5.66. The van der Waals surface area contributed by atoms with Crippen LogP contribution in [0.15, 0.2) is 12.7 Å². The maximum atomic E-state index is 6.31. The standard InChI is InChI=1S/C12H21IO/c1-5-6-12(10(2)3)8-7-11(4,9-13)14-12/h5,10H,1,6-9H2,2-4H3/t11-,12-/m1/s1. The fraction of sp³-hybridized carbons (Fsp3) is 0.833. The molecule has 0 aromatic carbocycles. The molecule has 1 saturated heterocycles. The Morgan fingerprint density at radius 1 is 1.50 bits per heavy atom. The summed E-state index contributed by atoms with van der Waals surface area (Å²) in [6, 6.07) is 0.